The molecule has 0 aromatic heterocycles. The van der Waals surface area contributed by atoms with E-state index in [-0.39, 0.29) is 0 Å². The van der Waals surface area contributed by atoms with Crippen LogP contribution in [0.4, 0.5) is 5.69 Å². The molecule has 0 aliphatic carbocycles. The summed E-state index contributed by atoms with van der Waals surface area (Å²) in [5, 5.41) is 0. The molecule has 133 valence electrons. The minimum Gasteiger partial charge on any atom is -0.460 e. The molecule has 0 saturated carbocycles. The first kappa shape index (κ1) is 20.2. The van der Waals surface area contributed by atoms with Crippen molar-refractivity contribution in [3.63, 3.8) is 0 Å². The summed E-state index contributed by atoms with van der Waals surface area (Å²) in [6.45, 7) is 7.63. The number of anilines is 1. The summed E-state index contributed by atoms with van der Waals surface area (Å²) in [7, 11) is 0. The molecule has 0 spiro atoms. The number of esters is 1. The third-order valence-corrected chi connectivity index (χ3v) is 4.15. The lowest BCUT2D eigenvalue weighted by atomic mass is 9.68. The maximum Gasteiger partial charge on any atom is 0.310 e. The Morgan fingerprint density at radius 3 is 2.38 bits per heavy atom. The average Bonchev–Trinajstić information content (AvgIpc) is 2.50. The first-order valence-electron chi connectivity index (χ1n) is 8.35. The molecule has 2 unspecified atom stereocenters. The van der Waals surface area contributed by atoms with Crippen molar-refractivity contribution < 1.29 is 14.3 Å². The second-order valence-electron chi connectivity index (χ2n) is 7.16. The number of ether oxygens (including phenoxy) is 1. The molecule has 0 aliphatic rings. The smallest absolute Gasteiger partial charge is 0.310 e. The van der Waals surface area contributed by atoms with E-state index < -0.39 is 22.9 Å². The number of nitrogens with two attached hydrogens (primary N) is 2. The molecule has 0 fully saturated rings. The second kappa shape index (κ2) is 8.29. The van der Waals surface area contributed by atoms with Crippen LogP contribution in [0.15, 0.2) is 24.3 Å². The summed E-state index contributed by atoms with van der Waals surface area (Å²) in [6, 6.07) is 7.12. The molecule has 24 heavy (non-hydrogen) atoms. The van der Waals surface area contributed by atoms with Crippen LogP contribution in [0.25, 0.3) is 0 Å². The van der Waals surface area contributed by atoms with Crippen molar-refractivity contribution in [1.82, 2.24) is 0 Å². The zero-order valence-electron chi connectivity index (χ0n) is 15.1. The first-order chi connectivity index (χ1) is 11.2. The van der Waals surface area contributed by atoms with E-state index >= 15 is 0 Å². The van der Waals surface area contributed by atoms with E-state index in [4.69, 9.17) is 16.2 Å². The van der Waals surface area contributed by atoms with Crippen LogP contribution in [-0.4, -0.2) is 24.4 Å². The SMILES string of the molecule is CC(C(=O)OC(C)(C)C)C([C]=O)(CCCCN)c1ccccc1N. The normalized spacial score (nSPS) is 15.4. The third kappa shape index (κ3) is 4.81. The van der Waals surface area contributed by atoms with Crippen molar-refractivity contribution in [3.8, 4) is 0 Å². The van der Waals surface area contributed by atoms with Crippen molar-refractivity contribution in [2.75, 3.05) is 12.3 Å². The second-order valence-corrected chi connectivity index (χ2v) is 7.16. The molecule has 0 heterocycles. The lowest BCUT2D eigenvalue weighted by molar-refractivity contribution is -0.161. The van der Waals surface area contributed by atoms with Crippen LogP contribution in [0.5, 0.6) is 0 Å². The van der Waals surface area contributed by atoms with Gasteiger partial charge in [-0.15, -0.1) is 0 Å². The largest absolute Gasteiger partial charge is 0.460 e. The number of nitrogen functional groups attached to an aromatic ring is 1. The Kier molecular flexibility index (Phi) is 6.96. The predicted octanol–water partition coefficient (Wildman–Crippen LogP) is 2.72. The Morgan fingerprint density at radius 1 is 1.25 bits per heavy atom. The number of para-hydroxylation sites is 1. The van der Waals surface area contributed by atoms with Crippen molar-refractivity contribution >= 4 is 17.9 Å². The molecule has 5 nitrogen and oxygen atoms in total. The van der Waals surface area contributed by atoms with Gasteiger partial charge in [0.05, 0.1) is 11.3 Å². The highest BCUT2D eigenvalue weighted by molar-refractivity contribution is 5.85. The molecule has 0 aliphatic heterocycles. The Labute approximate surface area is 144 Å². The van der Waals surface area contributed by atoms with Gasteiger partial charge < -0.3 is 16.2 Å². The zero-order chi connectivity index (χ0) is 18.4. The first-order valence-corrected chi connectivity index (χ1v) is 8.35. The van der Waals surface area contributed by atoms with Gasteiger partial charge in [-0.3, -0.25) is 9.59 Å². The minimum absolute atomic E-state index is 0.429. The van der Waals surface area contributed by atoms with E-state index in [1.165, 1.54) is 0 Å². The number of carbonyl (C=O) groups is 1. The summed E-state index contributed by atoms with van der Waals surface area (Å²) in [6.07, 6.45) is 4.04. The van der Waals surface area contributed by atoms with Gasteiger partial charge in [-0.05, 0) is 51.8 Å². The van der Waals surface area contributed by atoms with Gasteiger partial charge >= 0.3 is 5.97 Å². The number of unbranched alkanes of at least 4 members (excludes halogenated alkanes) is 1. The molecule has 0 amide bonds. The zero-order valence-corrected chi connectivity index (χ0v) is 15.1. The van der Waals surface area contributed by atoms with Gasteiger partial charge in [0.1, 0.15) is 5.60 Å². The molecule has 1 aromatic carbocycles. The lowest BCUT2D eigenvalue weighted by Crippen LogP contribution is -2.43. The predicted molar refractivity (Wildman–Crippen MR) is 96.1 cm³/mol. The number of carbonyl (C=O) groups excluding carboxylic acids is 2. The Hall–Kier alpha value is -1.88. The Balaban J connectivity index is 3.28. The van der Waals surface area contributed by atoms with Gasteiger partial charge in [-0.2, -0.15) is 0 Å². The standard InChI is InChI=1S/C19H29N2O3/c1-14(17(23)24-18(2,3)4)19(13-22,11-7-8-12-20)15-9-5-6-10-16(15)21/h5-6,9-10,14H,7-8,11-12,20-21H2,1-4H3. The molecule has 1 aromatic rings. The Morgan fingerprint density at radius 2 is 1.88 bits per heavy atom. The molecule has 0 bridgehead atoms. The molecule has 5 heteroatoms. The Bertz CT molecular complexity index is 566. The van der Waals surface area contributed by atoms with Gasteiger partial charge in [-0.25, -0.2) is 0 Å². The van der Waals surface area contributed by atoms with E-state index in [2.05, 4.69) is 6.29 Å². The van der Waals surface area contributed by atoms with E-state index in [0.29, 0.717) is 30.6 Å². The fourth-order valence-corrected chi connectivity index (χ4v) is 2.82. The van der Waals surface area contributed by atoms with Crippen LogP contribution < -0.4 is 11.5 Å². The fraction of sp³-hybridized carbons (Fsp3) is 0.579. The molecule has 0 saturated heterocycles. The van der Waals surface area contributed by atoms with Crippen molar-refractivity contribution in [1.29, 1.82) is 0 Å². The number of hydrogen-bond acceptors (Lipinski definition) is 5. The molecule has 4 N–H and O–H groups in total. The summed E-state index contributed by atoms with van der Waals surface area (Å²) < 4.78 is 5.49. The van der Waals surface area contributed by atoms with Gasteiger partial charge in [0.15, 0.2) is 0 Å². The van der Waals surface area contributed by atoms with E-state index in [9.17, 15) is 9.59 Å². The van der Waals surface area contributed by atoms with Crippen LogP contribution in [0.3, 0.4) is 0 Å². The fourth-order valence-electron chi connectivity index (χ4n) is 2.82. The van der Waals surface area contributed by atoms with Gasteiger partial charge in [0.2, 0.25) is 6.29 Å². The highest BCUT2D eigenvalue weighted by Gasteiger charge is 2.45. The molecular weight excluding hydrogens is 304 g/mol. The number of benzene rings is 1. The topological polar surface area (TPSA) is 95.4 Å². The van der Waals surface area contributed by atoms with E-state index in [1.54, 1.807) is 45.9 Å². The summed E-state index contributed by atoms with van der Waals surface area (Å²) in [5.74, 6) is -1.13. The summed E-state index contributed by atoms with van der Waals surface area (Å²) in [5.41, 5.74) is 11.0. The van der Waals surface area contributed by atoms with Gasteiger partial charge in [-0.1, -0.05) is 31.5 Å². The third-order valence-electron chi connectivity index (χ3n) is 4.15. The highest BCUT2D eigenvalue weighted by atomic mass is 16.6. The van der Waals surface area contributed by atoms with Crippen LogP contribution in [0, 0.1) is 5.92 Å². The van der Waals surface area contributed by atoms with Crippen molar-refractivity contribution in [2.45, 2.75) is 58.0 Å². The van der Waals surface area contributed by atoms with Crippen LogP contribution in [0.1, 0.15) is 52.5 Å². The van der Waals surface area contributed by atoms with E-state index in [1.807, 2.05) is 6.07 Å². The molecular formula is C19H29N2O3. The lowest BCUT2D eigenvalue weighted by Gasteiger charge is -2.35. The molecule has 1 radical (unpaired) electrons. The average molecular weight is 333 g/mol. The highest BCUT2D eigenvalue weighted by Crippen LogP contribution is 2.39. The van der Waals surface area contributed by atoms with E-state index in [0.717, 1.165) is 6.42 Å². The summed E-state index contributed by atoms with van der Waals surface area (Å²) >= 11 is 0. The summed E-state index contributed by atoms with van der Waals surface area (Å²) in [4.78, 5) is 24.7. The van der Waals surface area contributed by atoms with Crippen molar-refractivity contribution in [3.05, 3.63) is 29.8 Å². The molecule has 2 atom stereocenters. The minimum atomic E-state index is -1.14. The maximum absolute atomic E-state index is 12.6. The maximum atomic E-state index is 12.6. The van der Waals surface area contributed by atoms with Gasteiger partial charge in [0.25, 0.3) is 0 Å². The van der Waals surface area contributed by atoms with Crippen molar-refractivity contribution in [2.24, 2.45) is 11.7 Å². The number of hydrogen-bond donors (Lipinski definition) is 2. The quantitative estimate of drug-likeness (QED) is 0.433. The van der Waals surface area contributed by atoms with Crippen LogP contribution in [-0.2, 0) is 19.7 Å². The van der Waals surface area contributed by atoms with Gasteiger partial charge in [0, 0.05) is 5.69 Å². The van der Waals surface area contributed by atoms with Crippen LogP contribution in [0.2, 0.25) is 0 Å². The monoisotopic (exact) mass is 333 g/mol. The molecule has 1 rings (SSSR count). The van der Waals surface area contributed by atoms with Crippen LogP contribution >= 0.6 is 0 Å². The number of rotatable bonds is 8.